The first-order chi connectivity index (χ1) is 8.27. The summed E-state index contributed by atoms with van der Waals surface area (Å²) >= 11 is 0. The summed E-state index contributed by atoms with van der Waals surface area (Å²) in [5.41, 5.74) is 7.96. The van der Waals surface area contributed by atoms with E-state index in [4.69, 9.17) is 19.9 Å². The highest BCUT2D eigenvalue weighted by Gasteiger charge is 2.23. The van der Waals surface area contributed by atoms with E-state index in [-0.39, 0.29) is 0 Å². The van der Waals surface area contributed by atoms with Gasteiger partial charge in [0.15, 0.2) is 11.5 Å². The fourth-order valence-corrected chi connectivity index (χ4v) is 2.25. The normalized spacial score (nSPS) is 15.0. The van der Waals surface area contributed by atoms with Gasteiger partial charge in [-0.3, -0.25) is 0 Å². The summed E-state index contributed by atoms with van der Waals surface area (Å²) < 4.78 is 16.2. The van der Waals surface area contributed by atoms with Gasteiger partial charge in [0.2, 0.25) is 6.79 Å². The average Bonchev–Trinajstić information content (AvgIpc) is 2.77. The van der Waals surface area contributed by atoms with E-state index in [1.165, 1.54) is 5.56 Å². The molecular formula is C13H19NO3. The van der Waals surface area contributed by atoms with Crippen LogP contribution in [0.5, 0.6) is 11.5 Å². The van der Waals surface area contributed by atoms with Gasteiger partial charge in [0.05, 0.1) is 6.61 Å². The molecule has 0 fully saturated rings. The maximum absolute atomic E-state index is 5.63. The van der Waals surface area contributed by atoms with Gasteiger partial charge in [0, 0.05) is 12.7 Å². The molecule has 0 spiro atoms. The van der Waals surface area contributed by atoms with E-state index >= 15 is 0 Å². The zero-order valence-electron chi connectivity index (χ0n) is 10.4. The first-order valence-corrected chi connectivity index (χ1v) is 5.88. The van der Waals surface area contributed by atoms with Gasteiger partial charge in [0.25, 0.3) is 0 Å². The van der Waals surface area contributed by atoms with Crippen molar-refractivity contribution in [3.05, 3.63) is 23.3 Å². The van der Waals surface area contributed by atoms with Crippen molar-refractivity contribution in [1.82, 2.24) is 0 Å². The third-order valence-electron chi connectivity index (χ3n) is 3.06. The van der Waals surface area contributed by atoms with Crippen LogP contribution in [0, 0.1) is 0 Å². The highest BCUT2D eigenvalue weighted by Crippen LogP contribution is 2.42. The number of nitrogens with two attached hydrogens (primary N) is 1. The monoisotopic (exact) mass is 237 g/mol. The second-order valence-corrected chi connectivity index (χ2v) is 4.28. The zero-order valence-corrected chi connectivity index (χ0v) is 10.4. The van der Waals surface area contributed by atoms with Crippen LogP contribution >= 0.6 is 0 Å². The number of hydrogen-bond donors (Lipinski definition) is 1. The molecule has 0 radical (unpaired) electrons. The van der Waals surface area contributed by atoms with Crippen LogP contribution in [0.2, 0.25) is 0 Å². The van der Waals surface area contributed by atoms with Gasteiger partial charge in [-0.15, -0.1) is 0 Å². The Morgan fingerprint density at radius 3 is 2.94 bits per heavy atom. The minimum atomic E-state index is 0.300. The van der Waals surface area contributed by atoms with Crippen LogP contribution < -0.4 is 15.2 Å². The summed E-state index contributed by atoms with van der Waals surface area (Å²) in [6.07, 6.45) is 0.927. The van der Waals surface area contributed by atoms with Gasteiger partial charge >= 0.3 is 0 Å². The lowest BCUT2D eigenvalue weighted by Gasteiger charge is -2.17. The Morgan fingerprint density at radius 1 is 1.41 bits per heavy atom. The van der Waals surface area contributed by atoms with E-state index in [0.29, 0.717) is 25.9 Å². The Kier molecular flexibility index (Phi) is 3.86. The van der Waals surface area contributed by atoms with Crippen molar-refractivity contribution >= 4 is 0 Å². The molecule has 4 nitrogen and oxygen atoms in total. The third kappa shape index (κ3) is 2.37. The van der Waals surface area contributed by atoms with Crippen molar-refractivity contribution in [1.29, 1.82) is 0 Å². The minimum absolute atomic E-state index is 0.300. The molecule has 0 amide bonds. The lowest BCUT2D eigenvalue weighted by atomic mass is 9.92. The number of benzene rings is 1. The smallest absolute Gasteiger partial charge is 0.231 e. The Balaban J connectivity index is 2.40. The van der Waals surface area contributed by atoms with Gasteiger partial charge in [0.1, 0.15) is 0 Å². The summed E-state index contributed by atoms with van der Waals surface area (Å²) in [6, 6.07) is 3.98. The molecule has 1 unspecified atom stereocenters. The molecule has 0 saturated heterocycles. The van der Waals surface area contributed by atoms with E-state index in [2.05, 4.69) is 6.92 Å². The fraction of sp³-hybridized carbons (Fsp3) is 0.538. The Hall–Kier alpha value is -1.26. The molecule has 1 atom stereocenters. The van der Waals surface area contributed by atoms with Crippen LogP contribution in [0.25, 0.3) is 0 Å². The molecule has 1 aliphatic heterocycles. The zero-order chi connectivity index (χ0) is 12.3. The third-order valence-corrected chi connectivity index (χ3v) is 3.06. The average molecular weight is 237 g/mol. The Bertz CT molecular complexity index is 392. The predicted octanol–water partition coefficient (Wildman–Crippen LogP) is 2.01. The number of rotatable bonds is 5. The van der Waals surface area contributed by atoms with Gasteiger partial charge in [-0.05, 0) is 30.5 Å². The molecule has 0 aromatic heterocycles. The van der Waals surface area contributed by atoms with Crippen molar-refractivity contribution in [2.75, 3.05) is 20.4 Å². The first-order valence-electron chi connectivity index (χ1n) is 5.88. The number of hydrogen-bond acceptors (Lipinski definition) is 4. The molecule has 0 bridgehead atoms. The summed E-state index contributed by atoms with van der Waals surface area (Å²) in [7, 11) is 1.70. The molecule has 1 aliphatic rings. The topological polar surface area (TPSA) is 53.7 Å². The van der Waals surface area contributed by atoms with Gasteiger partial charge in [-0.2, -0.15) is 0 Å². The summed E-state index contributed by atoms with van der Waals surface area (Å²) in [4.78, 5) is 0. The van der Waals surface area contributed by atoms with E-state index in [1.807, 2.05) is 12.1 Å². The van der Waals surface area contributed by atoms with Crippen LogP contribution in [0.4, 0.5) is 0 Å². The standard InChI is InChI=1S/C13H19NO3/c1-9(5-6-14)12-10(7-15-2)3-4-11-13(12)17-8-16-11/h3-4,9H,5-8,14H2,1-2H3. The molecule has 2 rings (SSSR count). The maximum Gasteiger partial charge on any atom is 0.231 e. The molecule has 1 heterocycles. The van der Waals surface area contributed by atoms with Gasteiger partial charge < -0.3 is 19.9 Å². The molecule has 2 N–H and O–H groups in total. The number of fused-ring (bicyclic) bond motifs is 1. The van der Waals surface area contributed by atoms with E-state index < -0.39 is 0 Å². The largest absolute Gasteiger partial charge is 0.454 e. The van der Waals surface area contributed by atoms with Crippen molar-refractivity contribution < 1.29 is 14.2 Å². The van der Waals surface area contributed by atoms with Crippen LogP contribution in [-0.4, -0.2) is 20.4 Å². The quantitative estimate of drug-likeness (QED) is 0.851. The highest BCUT2D eigenvalue weighted by atomic mass is 16.7. The Labute approximate surface area is 102 Å². The predicted molar refractivity (Wildman–Crippen MR) is 65.4 cm³/mol. The Morgan fingerprint density at radius 2 is 2.24 bits per heavy atom. The molecular weight excluding hydrogens is 218 g/mol. The highest BCUT2D eigenvalue weighted by molar-refractivity contribution is 5.53. The van der Waals surface area contributed by atoms with Gasteiger partial charge in [-0.1, -0.05) is 13.0 Å². The first kappa shape index (κ1) is 12.2. The van der Waals surface area contributed by atoms with E-state index in [0.717, 1.165) is 23.5 Å². The lowest BCUT2D eigenvalue weighted by molar-refractivity contribution is 0.171. The molecule has 94 valence electrons. The molecule has 4 heteroatoms. The lowest BCUT2D eigenvalue weighted by Crippen LogP contribution is -2.08. The van der Waals surface area contributed by atoms with Crippen LogP contribution in [0.15, 0.2) is 12.1 Å². The van der Waals surface area contributed by atoms with Crippen LogP contribution in [0.3, 0.4) is 0 Å². The molecule has 0 saturated carbocycles. The maximum atomic E-state index is 5.63. The summed E-state index contributed by atoms with van der Waals surface area (Å²) in [6.45, 7) is 3.70. The van der Waals surface area contributed by atoms with Crippen LogP contribution in [-0.2, 0) is 11.3 Å². The molecule has 17 heavy (non-hydrogen) atoms. The van der Waals surface area contributed by atoms with E-state index in [1.54, 1.807) is 7.11 Å². The second kappa shape index (κ2) is 5.38. The van der Waals surface area contributed by atoms with Crippen molar-refractivity contribution in [2.24, 2.45) is 5.73 Å². The second-order valence-electron chi connectivity index (χ2n) is 4.28. The summed E-state index contributed by atoms with van der Waals surface area (Å²) in [5, 5.41) is 0. The van der Waals surface area contributed by atoms with Crippen molar-refractivity contribution in [3.63, 3.8) is 0 Å². The minimum Gasteiger partial charge on any atom is -0.454 e. The molecule has 1 aromatic rings. The number of ether oxygens (including phenoxy) is 3. The molecule has 0 aliphatic carbocycles. The van der Waals surface area contributed by atoms with Crippen molar-refractivity contribution in [3.8, 4) is 11.5 Å². The number of methoxy groups -OCH3 is 1. The SMILES string of the molecule is COCc1ccc2c(c1C(C)CCN)OCO2. The fourth-order valence-electron chi connectivity index (χ4n) is 2.25. The summed E-state index contributed by atoms with van der Waals surface area (Å²) in [5.74, 6) is 2.03. The van der Waals surface area contributed by atoms with Crippen molar-refractivity contribution in [2.45, 2.75) is 25.9 Å². The molecule has 1 aromatic carbocycles. The van der Waals surface area contributed by atoms with Crippen LogP contribution in [0.1, 0.15) is 30.4 Å². The van der Waals surface area contributed by atoms with Gasteiger partial charge in [-0.25, -0.2) is 0 Å². The van der Waals surface area contributed by atoms with E-state index in [9.17, 15) is 0 Å².